The standard InChI is InChI=1S/C11H13NO6/c1-7(13)18-6-9-10(12(14)15)4-8(16-2)5-11(9)17-3/h4-5H,6H2,1-3H3. The van der Waals surface area contributed by atoms with Crippen LogP contribution in [0, 0.1) is 10.1 Å². The van der Waals surface area contributed by atoms with Gasteiger partial charge in [0.25, 0.3) is 5.69 Å². The Balaban J connectivity index is 3.25. The van der Waals surface area contributed by atoms with Crippen LogP contribution in [0.25, 0.3) is 0 Å². The van der Waals surface area contributed by atoms with E-state index in [-0.39, 0.29) is 23.6 Å². The highest BCUT2D eigenvalue weighted by Crippen LogP contribution is 2.34. The molecule has 0 saturated heterocycles. The topological polar surface area (TPSA) is 87.9 Å². The van der Waals surface area contributed by atoms with Crippen LogP contribution in [0.2, 0.25) is 0 Å². The maximum atomic E-state index is 11.0. The largest absolute Gasteiger partial charge is 0.496 e. The Hall–Kier alpha value is -2.31. The minimum absolute atomic E-state index is 0.193. The van der Waals surface area contributed by atoms with Gasteiger partial charge in [-0.15, -0.1) is 0 Å². The fraction of sp³-hybridized carbons (Fsp3) is 0.364. The van der Waals surface area contributed by atoms with E-state index in [0.29, 0.717) is 5.75 Å². The SMILES string of the molecule is COc1cc(OC)c(COC(C)=O)c([N+](=O)[O-])c1. The number of benzene rings is 1. The molecule has 0 spiro atoms. The van der Waals surface area contributed by atoms with E-state index in [1.807, 2.05) is 0 Å². The Labute approximate surface area is 103 Å². The third-order valence-corrected chi connectivity index (χ3v) is 2.23. The number of hydrogen-bond acceptors (Lipinski definition) is 6. The molecule has 0 unspecified atom stereocenters. The highest BCUT2D eigenvalue weighted by Gasteiger charge is 2.21. The minimum atomic E-state index is -0.579. The summed E-state index contributed by atoms with van der Waals surface area (Å²) in [5, 5.41) is 11.0. The Morgan fingerprint density at radius 3 is 2.44 bits per heavy atom. The van der Waals surface area contributed by atoms with Crippen LogP contribution in [0.1, 0.15) is 12.5 Å². The number of ether oxygens (including phenoxy) is 3. The second kappa shape index (κ2) is 5.85. The summed E-state index contributed by atoms with van der Waals surface area (Å²) >= 11 is 0. The summed E-state index contributed by atoms with van der Waals surface area (Å²) in [6.07, 6.45) is 0. The molecular weight excluding hydrogens is 242 g/mol. The van der Waals surface area contributed by atoms with Crippen molar-refractivity contribution in [3.63, 3.8) is 0 Å². The lowest BCUT2D eigenvalue weighted by molar-refractivity contribution is -0.386. The van der Waals surface area contributed by atoms with Crippen LogP contribution in [0.15, 0.2) is 12.1 Å². The predicted octanol–water partition coefficient (Wildman–Crippen LogP) is 1.68. The van der Waals surface area contributed by atoms with E-state index in [1.54, 1.807) is 0 Å². The Morgan fingerprint density at radius 2 is 2.00 bits per heavy atom. The highest BCUT2D eigenvalue weighted by atomic mass is 16.6. The summed E-state index contributed by atoms with van der Waals surface area (Å²) < 4.78 is 14.7. The summed E-state index contributed by atoms with van der Waals surface area (Å²) in [6, 6.07) is 2.74. The molecule has 0 aromatic heterocycles. The van der Waals surface area contributed by atoms with Gasteiger partial charge in [-0.25, -0.2) is 0 Å². The predicted molar refractivity (Wildman–Crippen MR) is 61.7 cm³/mol. The van der Waals surface area contributed by atoms with E-state index in [0.717, 1.165) is 0 Å². The zero-order valence-electron chi connectivity index (χ0n) is 10.3. The molecule has 0 fully saturated rings. The molecule has 7 heteroatoms. The van der Waals surface area contributed by atoms with Gasteiger partial charge in [0.15, 0.2) is 0 Å². The number of carbonyl (C=O) groups excluding carboxylic acids is 1. The fourth-order valence-corrected chi connectivity index (χ4v) is 1.39. The number of esters is 1. The lowest BCUT2D eigenvalue weighted by Gasteiger charge is -2.11. The average molecular weight is 255 g/mol. The number of rotatable bonds is 5. The van der Waals surface area contributed by atoms with Crippen molar-refractivity contribution in [1.82, 2.24) is 0 Å². The maximum absolute atomic E-state index is 11.0. The molecule has 0 amide bonds. The fourth-order valence-electron chi connectivity index (χ4n) is 1.39. The maximum Gasteiger partial charge on any atom is 0.302 e. The van der Waals surface area contributed by atoms with Gasteiger partial charge in [-0.3, -0.25) is 14.9 Å². The van der Waals surface area contributed by atoms with Crippen LogP contribution in [-0.2, 0) is 16.1 Å². The summed E-state index contributed by atoms with van der Waals surface area (Å²) in [7, 11) is 2.76. The second-order valence-electron chi connectivity index (χ2n) is 3.36. The van der Waals surface area contributed by atoms with E-state index in [2.05, 4.69) is 0 Å². The van der Waals surface area contributed by atoms with Crippen LogP contribution in [-0.4, -0.2) is 25.1 Å². The van der Waals surface area contributed by atoms with E-state index in [1.165, 1.54) is 33.3 Å². The van der Waals surface area contributed by atoms with Crippen molar-refractivity contribution in [1.29, 1.82) is 0 Å². The van der Waals surface area contributed by atoms with Crippen molar-refractivity contribution in [3.8, 4) is 11.5 Å². The smallest absolute Gasteiger partial charge is 0.302 e. The van der Waals surface area contributed by atoms with Gasteiger partial charge in [0.05, 0.1) is 25.2 Å². The van der Waals surface area contributed by atoms with Crippen molar-refractivity contribution in [2.24, 2.45) is 0 Å². The first-order valence-corrected chi connectivity index (χ1v) is 5.02. The first-order chi connectivity index (χ1) is 8.49. The van der Waals surface area contributed by atoms with Crippen LogP contribution in [0.5, 0.6) is 11.5 Å². The van der Waals surface area contributed by atoms with Crippen molar-refractivity contribution in [2.75, 3.05) is 14.2 Å². The molecule has 0 aliphatic carbocycles. The van der Waals surface area contributed by atoms with Gasteiger partial charge < -0.3 is 14.2 Å². The summed E-state index contributed by atoms with van der Waals surface area (Å²) in [6.45, 7) is 1.00. The third-order valence-electron chi connectivity index (χ3n) is 2.23. The molecule has 18 heavy (non-hydrogen) atoms. The molecule has 1 aromatic rings. The molecule has 0 heterocycles. The molecule has 0 radical (unpaired) electrons. The van der Waals surface area contributed by atoms with E-state index in [9.17, 15) is 14.9 Å². The average Bonchev–Trinajstić information content (AvgIpc) is 2.34. The van der Waals surface area contributed by atoms with Crippen LogP contribution >= 0.6 is 0 Å². The van der Waals surface area contributed by atoms with Crippen molar-refractivity contribution in [2.45, 2.75) is 13.5 Å². The molecule has 1 rings (SSSR count). The normalized spacial score (nSPS) is 9.72. The van der Waals surface area contributed by atoms with Gasteiger partial charge in [0, 0.05) is 13.0 Å². The molecule has 1 aromatic carbocycles. The number of nitro groups is 1. The molecule has 0 saturated carbocycles. The first kappa shape index (κ1) is 13.8. The number of nitro benzene ring substituents is 1. The van der Waals surface area contributed by atoms with E-state index < -0.39 is 10.9 Å². The zero-order chi connectivity index (χ0) is 13.7. The molecule has 98 valence electrons. The minimum Gasteiger partial charge on any atom is -0.496 e. The Bertz CT molecular complexity index is 471. The molecule has 0 aliphatic heterocycles. The van der Waals surface area contributed by atoms with Gasteiger partial charge in [-0.2, -0.15) is 0 Å². The van der Waals surface area contributed by atoms with Crippen molar-refractivity contribution < 1.29 is 23.9 Å². The monoisotopic (exact) mass is 255 g/mol. The quantitative estimate of drug-likeness (QED) is 0.452. The van der Waals surface area contributed by atoms with Crippen LogP contribution in [0.3, 0.4) is 0 Å². The summed E-state index contributed by atoms with van der Waals surface area (Å²) in [4.78, 5) is 21.1. The van der Waals surface area contributed by atoms with Crippen LogP contribution < -0.4 is 9.47 Å². The number of methoxy groups -OCH3 is 2. The Kier molecular flexibility index (Phi) is 4.47. The Morgan fingerprint density at radius 1 is 1.33 bits per heavy atom. The second-order valence-corrected chi connectivity index (χ2v) is 3.36. The number of carbonyl (C=O) groups is 1. The lowest BCUT2D eigenvalue weighted by atomic mass is 10.1. The van der Waals surface area contributed by atoms with Crippen LogP contribution in [0.4, 0.5) is 5.69 Å². The van der Waals surface area contributed by atoms with E-state index in [4.69, 9.17) is 14.2 Å². The third kappa shape index (κ3) is 3.09. The molecule has 0 atom stereocenters. The highest BCUT2D eigenvalue weighted by molar-refractivity contribution is 5.66. The van der Waals surface area contributed by atoms with E-state index >= 15 is 0 Å². The molecule has 0 bridgehead atoms. The summed E-state index contributed by atoms with van der Waals surface area (Å²) in [5.74, 6) is 0.00888. The van der Waals surface area contributed by atoms with Gasteiger partial charge in [0.1, 0.15) is 23.7 Å². The molecule has 0 aliphatic rings. The van der Waals surface area contributed by atoms with Gasteiger partial charge in [0.2, 0.25) is 0 Å². The number of nitrogens with zero attached hydrogens (tertiary/aromatic N) is 1. The number of hydrogen-bond donors (Lipinski definition) is 0. The molecular formula is C11H13NO6. The van der Waals surface area contributed by atoms with Crippen molar-refractivity contribution >= 4 is 11.7 Å². The van der Waals surface area contributed by atoms with Gasteiger partial charge in [-0.05, 0) is 0 Å². The molecule has 0 N–H and O–H groups in total. The lowest BCUT2D eigenvalue weighted by Crippen LogP contribution is -2.05. The summed E-state index contributed by atoms with van der Waals surface area (Å²) in [5.41, 5.74) is -0.0223. The van der Waals surface area contributed by atoms with Crippen molar-refractivity contribution in [3.05, 3.63) is 27.8 Å². The zero-order valence-corrected chi connectivity index (χ0v) is 10.3. The van der Waals surface area contributed by atoms with Gasteiger partial charge >= 0.3 is 5.97 Å². The van der Waals surface area contributed by atoms with Gasteiger partial charge in [-0.1, -0.05) is 0 Å². The molecule has 7 nitrogen and oxygen atoms in total. The first-order valence-electron chi connectivity index (χ1n) is 5.02.